The summed E-state index contributed by atoms with van der Waals surface area (Å²) in [5.41, 5.74) is 0.904. The van der Waals surface area contributed by atoms with E-state index in [9.17, 15) is 5.11 Å². The molecule has 0 unspecified atom stereocenters. The molecular formula is C14H24N2O. The number of aliphatic hydroxyl groups is 1. The van der Waals surface area contributed by atoms with Gasteiger partial charge in [0.25, 0.3) is 0 Å². The van der Waals surface area contributed by atoms with E-state index in [-0.39, 0.29) is 0 Å². The van der Waals surface area contributed by atoms with Crippen molar-refractivity contribution in [2.45, 2.75) is 46.8 Å². The Hall–Kier alpha value is -1.09. The first kappa shape index (κ1) is 14.0. The highest BCUT2D eigenvalue weighted by Gasteiger charge is 2.18. The van der Waals surface area contributed by atoms with Gasteiger partial charge in [0.05, 0.1) is 6.10 Å². The SMILES string of the molecule is CC(C)CN(c1ncccc1[C@H](C)O)C(C)C. The van der Waals surface area contributed by atoms with Crippen molar-refractivity contribution in [3.05, 3.63) is 23.9 Å². The number of hydrogen-bond donors (Lipinski definition) is 1. The third-order valence-corrected chi connectivity index (χ3v) is 2.72. The first-order chi connectivity index (χ1) is 7.93. The lowest BCUT2D eigenvalue weighted by Crippen LogP contribution is -2.35. The number of hydrogen-bond acceptors (Lipinski definition) is 3. The Balaban J connectivity index is 3.09. The second kappa shape index (κ2) is 6.01. The molecule has 0 fully saturated rings. The van der Waals surface area contributed by atoms with Gasteiger partial charge in [0.2, 0.25) is 0 Å². The normalized spacial score (nSPS) is 13.2. The van der Waals surface area contributed by atoms with Gasteiger partial charge < -0.3 is 10.0 Å². The maximum absolute atomic E-state index is 9.80. The Morgan fingerprint density at radius 3 is 2.35 bits per heavy atom. The number of rotatable bonds is 5. The lowest BCUT2D eigenvalue weighted by molar-refractivity contribution is 0.199. The second-order valence-corrected chi connectivity index (χ2v) is 5.23. The number of nitrogens with zero attached hydrogens (tertiary/aromatic N) is 2. The number of anilines is 1. The third-order valence-electron chi connectivity index (χ3n) is 2.72. The van der Waals surface area contributed by atoms with Crippen LogP contribution in [0.2, 0.25) is 0 Å². The van der Waals surface area contributed by atoms with Crippen molar-refractivity contribution in [1.29, 1.82) is 0 Å². The molecule has 1 atom stereocenters. The van der Waals surface area contributed by atoms with E-state index in [1.54, 1.807) is 13.1 Å². The molecule has 96 valence electrons. The van der Waals surface area contributed by atoms with Crippen LogP contribution in [0.3, 0.4) is 0 Å². The van der Waals surface area contributed by atoms with Crippen LogP contribution in [0.4, 0.5) is 5.82 Å². The number of aromatic nitrogens is 1. The monoisotopic (exact) mass is 236 g/mol. The van der Waals surface area contributed by atoms with Gasteiger partial charge in [-0.3, -0.25) is 0 Å². The van der Waals surface area contributed by atoms with Crippen molar-refractivity contribution < 1.29 is 5.11 Å². The fraction of sp³-hybridized carbons (Fsp3) is 0.643. The highest BCUT2D eigenvalue weighted by Crippen LogP contribution is 2.25. The molecule has 0 radical (unpaired) electrons. The average molecular weight is 236 g/mol. The molecule has 0 saturated heterocycles. The summed E-state index contributed by atoms with van der Waals surface area (Å²) in [6, 6.07) is 4.20. The quantitative estimate of drug-likeness (QED) is 0.853. The van der Waals surface area contributed by atoms with Crippen LogP contribution in [-0.2, 0) is 0 Å². The summed E-state index contributed by atoms with van der Waals surface area (Å²) < 4.78 is 0. The molecule has 0 saturated carbocycles. The van der Waals surface area contributed by atoms with Gasteiger partial charge in [-0.1, -0.05) is 19.9 Å². The highest BCUT2D eigenvalue weighted by molar-refractivity contribution is 5.48. The van der Waals surface area contributed by atoms with Crippen molar-refractivity contribution in [1.82, 2.24) is 4.98 Å². The highest BCUT2D eigenvalue weighted by atomic mass is 16.3. The summed E-state index contributed by atoms with van der Waals surface area (Å²) in [6.45, 7) is 11.4. The van der Waals surface area contributed by atoms with Gasteiger partial charge in [0, 0.05) is 24.3 Å². The van der Waals surface area contributed by atoms with Gasteiger partial charge in [-0.2, -0.15) is 0 Å². The van der Waals surface area contributed by atoms with Gasteiger partial charge in [-0.05, 0) is 32.8 Å². The van der Waals surface area contributed by atoms with Crippen LogP contribution in [0.1, 0.15) is 46.3 Å². The zero-order valence-electron chi connectivity index (χ0n) is 11.5. The minimum atomic E-state index is -0.480. The van der Waals surface area contributed by atoms with E-state index in [1.165, 1.54) is 0 Å². The molecule has 1 aromatic heterocycles. The van der Waals surface area contributed by atoms with Crippen molar-refractivity contribution >= 4 is 5.82 Å². The molecule has 1 N–H and O–H groups in total. The molecule has 17 heavy (non-hydrogen) atoms. The molecule has 0 aliphatic carbocycles. The molecule has 0 aliphatic heterocycles. The Morgan fingerprint density at radius 1 is 1.24 bits per heavy atom. The van der Waals surface area contributed by atoms with E-state index in [2.05, 4.69) is 37.6 Å². The molecule has 0 bridgehead atoms. The van der Waals surface area contributed by atoms with Gasteiger partial charge in [-0.15, -0.1) is 0 Å². The molecule has 1 aromatic rings. The predicted octanol–water partition coefficient (Wildman–Crippen LogP) is 3.01. The molecule has 0 aromatic carbocycles. The minimum Gasteiger partial charge on any atom is -0.389 e. The zero-order chi connectivity index (χ0) is 13.0. The van der Waals surface area contributed by atoms with Crippen LogP contribution in [0, 0.1) is 5.92 Å². The Kier molecular flexibility index (Phi) is 4.94. The smallest absolute Gasteiger partial charge is 0.134 e. The van der Waals surface area contributed by atoms with Gasteiger partial charge in [-0.25, -0.2) is 4.98 Å². The first-order valence-corrected chi connectivity index (χ1v) is 6.33. The molecular weight excluding hydrogens is 212 g/mol. The minimum absolute atomic E-state index is 0.379. The second-order valence-electron chi connectivity index (χ2n) is 5.23. The van der Waals surface area contributed by atoms with Gasteiger partial charge in [0.1, 0.15) is 5.82 Å². The van der Waals surface area contributed by atoms with Crippen LogP contribution >= 0.6 is 0 Å². The number of pyridine rings is 1. The van der Waals surface area contributed by atoms with Crippen LogP contribution in [0.5, 0.6) is 0 Å². The Morgan fingerprint density at radius 2 is 1.88 bits per heavy atom. The van der Waals surface area contributed by atoms with E-state index in [1.807, 2.05) is 12.1 Å². The molecule has 3 heteroatoms. The molecule has 3 nitrogen and oxygen atoms in total. The van der Waals surface area contributed by atoms with Crippen LogP contribution in [0.15, 0.2) is 18.3 Å². The van der Waals surface area contributed by atoms with E-state index in [0.29, 0.717) is 12.0 Å². The largest absolute Gasteiger partial charge is 0.389 e. The molecule has 0 spiro atoms. The van der Waals surface area contributed by atoms with Crippen molar-refractivity contribution in [3.8, 4) is 0 Å². The van der Waals surface area contributed by atoms with Gasteiger partial charge >= 0.3 is 0 Å². The van der Waals surface area contributed by atoms with Crippen LogP contribution in [0.25, 0.3) is 0 Å². The Labute approximate surface area is 104 Å². The first-order valence-electron chi connectivity index (χ1n) is 6.33. The predicted molar refractivity (Wildman–Crippen MR) is 72.2 cm³/mol. The standard InChI is InChI=1S/C14H24N2O/c1-10(2)9-16(11(3)4)14-13(12(5)17)7-6-8-15-14/h6-8,10-12,17H,9H2,1-5H3/t12-/m0/s1. The van der Waals surface area contributed by atoms with Crippen LogP contribution in [-0.4, -0.2) is 22.7 Å². The van der Waals surface area contributed by atoms with E-state index in [0.717, 1.165) is 17.9 Å². The molecule has 1 heterocycles. The lowest BCUT2D eigenvalue weighted by atomic mass is 10.1. The van der Waals surface area contributed by atoms with E-state index >= 15 is 0 Å². The maximum Gasteiger partial charge on any atom is 0.134 e. The topological polar surface area (TPSA) is 36.4 Å². The summed E-state index contributed by atoms with van der Waals surface area (Å²) in [6.07, 6.45) is 1.31. The lowest BCUT2D eigenvalue weighted by Gasteiger charge is -2.31. The summed E-state index contributed by atoms with van der Waals surface area (Å²) in [4.78, 5) is 6.70. The van der Waals surface area contributed by atoms with Crippen molar-refractivity contribution in [3.63, 3.8) is 0 Å². The zero-order valence-corrected chi connectivity index (χ0v) is 11.5. The average Bonchev–Trinajstić information content (AvgIpc) is 2.25. The van der Waals surface area contributed by atoms with E-state index < -0.39 is 6.10 Å². The Bertz CT molecular complexity index is 348. The maximum atomic E-state index is 9.80. The fourth-order valence-corrected chi connectivity index (χ4v) is 1.91. The molecule has 0 aliphatic rings. The summed E-state index contributed by atoms with van der Waals surface area (Å²) in [7, 11) is 0. The van der Waals surface area contributed by atoms with E-state index in [4.69, 9.17) is 0 Å². The summed E-state index contributed by atoms with van der Waals surface area (Å²) >= 11 is 0. The summed E-state index contributed by atoms with van der Waals surface area (Å²) in [5, 5.41) is 9.80. The van der Waals surface area contributed by atoms with Crippen LogP contribution < -0.4 is 4.90 Å². The molecule has 1 rings (SSSR count). The summed E-state index contributed by atoms with van der Waals surface area (Å²) in [5.74, 6) is 1.48. The molecule has 0 amide bonds. The third kappa shape index (κ3) is 3.70. The number of aliphatic hydroxyl groups excluding tert-OH is 1. The fourth-order valence-electron chi connectivity index (χ4n) is 1.91. The van der Waals surface area contributed by atoms with Crippen molar-refractivity contribution in [2.75, 3.05) is 11.4 Å². The van der Waals surface area contributed by atoms with Gasteiger partial charge in [0.15, 0.2) is 0 Å². The van der Waals surface area contributed by atoms with Crippen molar-refractivity contribution in [2.24, 2.45) is 5.92 Å².